The average molecular weight is 251 g/mol. The second-order valence-electron chi connectivity index (χ2n) is 2.93. The van der Waals surface area contributed by atoms with E-state index in [0.29, 0.717) is 5.56 Å². The fraction of sp³-hybridized carbons (Fsp3) is 0.250. The minimum atomic E-state index is 0.702. The lowest BCUT2D eigenvalue weighted by Crippen LogP contribution is -1.86. The maximum Gasteiger partial charge on any atom is 0.150 e. The van der Waals surface area contributed by atoms with Gasteiger partial charge in [-0.2, -0.15) is 0 Å². The molecule has 0 unspecified atom stereocenters. The van der Waals surface area contributed by atoms with Gasteiger partial charge in [0.25, 0.3) is 0 Å². The third kappa shape index (κ3) is 3.01. The van der Waals surface area contributed by atoms with Gasteiger partial charge in [-0.3, -0.25) is 4.79 Å². The second kappa shape index (κ2) is 5.62. The summed E-state index contributed by atoms with van der Waals surface area (Å²) in [6, 6.07) is 5.53. The highest BCUT2D eigenvalue weighted by Gasteiger charge is 1.95. The fourth-order valence-corrected chi connectivity index (χ4v) is 1.30. The highest BCUT2D eigenvalue weighted by Crippen LogP contribution is 2.08. The Morgan fingerprint density at radius 1 is 1.50 bits per heavy atom. The quantitative estimate of drug-likeness (QED) is 0.448. The molecule has 0 spiro atoms. The van der Waals surface area contributed by atoms with Crippen LogP contribution in [0.3, 0.4) is 0 Å². The first-order valence-corrected chi connectivity index (χ1v) is 5.50. The Hall–Kier alpha value is -1.07. The molecule has 0 amide bonds. The molecule has 0 N–H and O–H groups in total. The number of hydrogen-bond donors (Lipinski definition) is 0. The van der Waals surface area contributed by atoms with Crippen LogP contribution in [0.4, 0.5) is 0 Å². The highest BCUT2D eigenvalue weighted by atomic mass is 79.9. The number of carbonyl (C=O) groups excluding carboxylic acids is 1. The Morgan fingerprint density at radius 2 is 2.29 bits per heavy atom. The van der Waals surface area contributed by atoms with Crippen LogP contribution in [0.5, 0.6) is 0 Å². The molecule has 14 heavy (non-hydrogen) atoms. The minimum Gasteiger partial charge on any atom is -0.298 e. The third-order valence-electron chi connectivity index (χ3n) is 1.83. The van der Waals surface area contributed by atoms with Gasteiger partial charge >= 0.3 is 0 Å². The summed E-state index contributed by atoms with van der Waals surface area (Å²) in [6.45, 7) is 1.96. The predicted octanol–water partition coefficient (Wildman–Crippen LogP) is 2.94. The molecule has 0 bridgehead atoms. The van der Waals surface area contributed by atoms with E-state index in [4.69, 9.17) is 0 Å². The number of carbonyl (C=O) groups is 1. The van der Waals surface area contributed by atoms with Crippen LogP contribution in [0.1, 0.15) is 27.9 Å². The SMILES string of the molecule is Cc1cc(C=O)ccc1C#CCCBr. The lowest BCUT2D eigenvalue weighted by atomic mass is 10.1. The first kappa shape index (κ1) is 11.0. The Bertz CT molecular complexity index is 385. The van der Waals surface area contributed by atoms with Gasteiger partial charge in [0, 0.05) is 22.9 Å². The first-order chi connectivity index (χ1) is 6.77. The van der Waals surface area contributed by atoms with Gasteiger partial charge in [0.05, 0.1) is 0 Å². The van der Waals surface area contributed by atoms with Gasteiger partial charge in [-0.1, -0.05) is 33.8 Å². The molecule has 72 valence electrons. The van der Waals surface area contributed by atoms with Crippen molar-refractivity contribution in [2.24, 2.45) is 0 Å². The molecule has 2 heteroatoms. The number of hydrogen-bond acceptors (Lipinski definition) is 1. The largest absolute Gasteiger partial charge is 0.298 e. The number of rotatable bonds is 2. The van der Waals surface area contributed by atoms with Gasteiger partial charge < -0.3 is 0 Å². The molecule has 0 fully saturated rings. The van der Waals surface area contributed by atoms with Crippen LogP contribution < -0.4 is 0 Å². The van der Waals surface area contributed by atoms with E-state index in [0.717, 1.165) is 29.2 Å². The van der Waals surface area contributed by atoms with Crippen molar-refractivity contribution in [2.45, 2.75) is 13.3 Å². The van der Waals surface area contributed by atoms with E-state index in [1.807, 2.05) is 19.1 Å². The van der Waals surface area contributed by atoms with Crippen molar-refractivity contribution >= 4 is 22.2 Å². The van der Waals surface area contributed by atoms with Crippen molar-refractivity contribution in [2.75, 3.05) is 5.33 Å². The molecule has 0 heterocycles. The van der Waals surface area contributed by atoms with Gasteiger partial charge in [-0.15, -0.1) is 0 Å². The monoisotopic (exact) mass is 250 g/mol. The highest BCUT2D eigenvalue weighted by molar-refractivity contribution is 9.09. The summed E-state index contributed by atoms with van der Waals surface area (Å²) in [6.07, 6.45) is 1.69. The molecule has 0 aliphatic heterocycles. The van der Waals surface area contributed by atoms with Crippen molar-refractivity contribution < 1.29 is 4.79 Å². The van der Waals surface area contributed by atoms with Crippen LogP contribution in [-0.2, 0) is 0 Å². The molecule has 0 aromatic heterocycles. The second-order valence-corrected chi connectivity index (χ2v) is 3.73. The van der Waals surface area contributed by atoms with Crippen LogP contribution in [0, 0.1) is 18.8 Å². The maximum atomic E-state index is 10.5. The van der Waals surface area contributed by atoms with E-state index >= 15 is 0 Å². The number of aldehydes is 1. The third-order valence-corrected chi connectivity index (χ3v) is 2.23. The zero-order chi connectivity index (χ0) is 10.4. The van der Waals surface area contributed by atoms with E-state index < -0.39 is 0 Å². The molecule has 1 rings (SSSR count). The summed E-state index contributed by atoms with van der Waals surface area (Å²) in [5, 5.41) is 0.894. The molecule has 0 aliphatic carbocycles. The number of benzene rings is 1. The Labute approximate surface area is 92.6 Å². The standard InChI is InChI=1S/C12H11BrO/c1-10-8-11(9-14)5-6-12(10)4-2-3-7-13/h5-6,8-9H,3,7H2,1H3. The topological polar surface area (TPSA) is 17.1 Å². The van der Waals surface area contributed by atoms with E-state index in [-0.39, 0.29) is 0 Å². The minimum absolute atomic E-state index is 0.702. The van der Waals surface area contributed by atoms with Crippen molar-refractivity contribution in [3.8, 4) is 11.8 Å². The summed E-state index contributed by atoms with van der Waals surface area (Å²) in [5.41, 5.74) is 2.75. The predicted molar refractivity (Wildman–Crippen MR) is 61.9 cm³/mol. The van der Waals surface area contributed by atoms with Crippen LogP contribution in [-0.4, -0.2) is 11.6 Å². The zero-order valence-corrected chi connectivity index (χ0v) is 9.60. The molecule has 0 saturated carbocycles. The summed E-state index contributed by atoms with van der Waals surface area (Å²) < 4.78 is 0. The Kier molecular flexibility index (Phi) is 4.42. The lowest BCUT2D eigenvalue weighted by molar-refractivity contribution is 0.112. The van der Waals surface area contributed by atoms with Crippen molar-refractivity contribution in [1.82, 2.24) is 0 Å². The number of alkyl halides is 1. The van der Waals surface area contributed by atoms with Crippen molar-refractivity contribution in [3.05, 3.63) is 34.9 Å². The molecule has 0 atom stereocenters. The summed E-state index contributed by atoms with van der Waals surface area (Å²) >= 11 is 3.32. The molecule has 0 aliphatic rings. The van der Waals surface area contributed by atoms with Gasteiger partial charge in [-0.05, 0) is 24.6 Å². The van der Waals surface area contributed by atoms with Crippen LogP contribution in [0.2, 0.25) is 0 Å². The molecular formula is C12H11BrO. The van der Waals surface area contributed by atoms with E-state index in [1.165, 1.54) is 0 Å². The number of aryl methyl sites for hydroxylation is 1. The summed E-state index contributed by atoms with van der Waals surface area (Å²) in [5.74, 6) is 6.11. The van der Waals surface area contributed by atoms with Crippen molar-refractivity contribution in [1.29, 1.82) is 0 Å². The van der Waals surface area contributed by atoms with Gasteiger partial charge in [0.2, 0.25) is 0 Å². The van der Waals surface area contributed by atoms with Crippen LogP contribution in [0.25, 0.3) is 0 Å². The van der Waals surface area contributed by atoms with Gasteiger partial charge in [-0.25, -0.2) is 0 Å². The Balaban J connectivity index is 2.90. The maximum absolute atomic E-state index is 10.5. The average Bonchev–Trinajstić information content (AvgIpc) is 2.20. The molecule has 0 saturated heterocycles. The molecule has 1 nitrogen and oxygen atoms in total. The summed E-state index contributed by atoms with van der Waals surface area (Å²) in [4.78, 5) is 10.5. The van der Waals surface area contributed by atoms with Crippen LogP contribution >= 0.6 is 15.9 Å². The fourth-order valence-electron chi connectivity index (χ4n) is 1.11. The van der Waals surface area contributed by atoms with Gasteiger partial charge in [0.1, 0.15) is 6.29 Å². The first-order valence-electron chi connectivity index (χ1n) is 4.38. The molecule has 1 aromatic carbocycles. The van der Waals surface area contributed by atoms with Crippen molar-refractivity contribution in [3.63, 3.8) is 0 Å². The molecule has 0 radical (unpaired) electrons. The van der Waals surface area contributed by atoms with E-state index in [1.54, 1.807) is 6.07 Å². The summed E-state index contributed by atoms with van der Waals surface area (Å²) in [7, 11) is 0. The van der Waals surface area contributed by atoms with Gasteiger partial charge in [0.15, 0.2) is 0 Å². The lowest BCUT2D eigenvalue weighted by Gasteiger charge is -1.97. The Morgan fingerprint density at radius 3 is 2.86 bits per heavy atom. The smallest absolute Gasteiger partial charge is 0.150 e. The number of halogens is 1. The van der Waals surface area contributed by atoms with Crippen LogP contribution in [0.15, 0.2) is 18.2 Å². The molecule has 1 aromatic rings. The zero-order valence-electron chi connectivity index (χ0n) is 8.01. The molecular weight excluding hydrogens is 240 g/mol. The normalized spacial score (nSPS) is 9.00. The van der Waals surface area contributed by atoms with E-state index in [2.05, 4.69) is 27.8 Å². The van der Waals surface area contributed by atoms with E-state index in [9.17, 15) is 4.79 Å².